The molecule has 10 nitrogen and oxygen atoms in total. The van der Waals surface area contributed by atoms with Crippen molar-refractivity contribution in [2.45, 2.75) is 65.0 Å². The molecule has 37 heavy (non-hydrogen) atoms. The van der Waals surface area contributed by atoms with Crippen molar-refractivity contribution in [2.24, 2.45) is 11.8 Å². The Hall–Kier alpha value is -2.98. The number of carbonyl (C=O) groups excluding carboxylic acids is 1. The standard InChI is InChI=1S/C27H41N5O5/c1-19(2)16-31(22-15-20(27(3,4)36)17-30(18-22)26(34)35)25(33)24-23(13-9-10-14-37-5)32(29-28-24)21-11-7-6-8-12-21/h6-8,11-12,19-20,22,36H,9-10,13-18H2,1-5H3,(H,34,35)/t20-,22+/m1/s1. The molecule has 2 atom stereocenters. The lowest BCUT2D eigenvalue weighted by Gasteiger charge is -2.45. The summed E-state index contributed by atoms with van der Waals surface area (Å²) < 4.78 is 6.92. The molecule has 2 aromatic rings. The number of methoxy groups -OCH3 is 1. The summed E-state index contributed by atoms with van der Waals surface area (Å²) in [5.41, 5.74) is 0.755. The number of benzene rings is 1. The van der Waals surface area contributed by atoms with Gasteiger partial charge in [-0.1, -0.05) is 37.3 Å². The SMILES string of the molecule is COCCCCc1c(C(=O)N(CC(C)C)[C@H]2C[C@@H](C(C)(C)O)CN(C(=O)O)C2)nnn1-c1ccccc1. The van der Waals surface area contributed by atoms with Crippen LogP contribution in [-0.2, 0) is 11.2 Å². The molecule has 2 amide bonds. The van der Waals surface area contributed by atoms with E-state index in [0.29, 0.717) is 26.0 Å². The van der Waals surface area contributed by atoms with Gasteiger partial charge in [0.25, 0.3) is 5.91 Å². The molecular weight excluding hydrogens is 474 g/mol. The highest BCUT2D eigenvalue weighted by molar-refractivity contribution is 5.93. The van der Waals surface area contributed by atoms with Gasteiger partial charge >= 0.3 is 6.09 Å². The van der Waals surface area contributed by atoms with E-state index in [1.165, 1.54) is 4.90 Å². The van der Waals surface area contributed by atoms with E-state index < -0.39 is 11.7 Å². The van der Waals surface area contributed by atoms with Gasteiger partial charge in [-0.3, -0.25) is 4.79 Å². The van der Waals surface area contributed by atoms with Gasteiger partial charge in [0.1, 0.15) is 0 Å². The van der Waals surface area contributed by atoms with Crippen LogP contribution in [0.25, 0.3) is 5.69 Å². The number of para-hydroxylation sites is 1. The summed E-state index contributed by atoms with van der Waals surface area (Å²) in [5.74, 6) is -0.415. The molecule has 10 heteroatoms. The summed E-state index contributed by atoms with van der Waals surface area (Å²) in [6.45, 7) is 8.93. The highest BCUT2D eigenvalue weighted by atomic mass is 16.5. The molecule has 0 bridgehead atoms. The van der Waals surface area contributed by atoms with Gasteiger partial charge in [-0.15, -0.1) is 5.10 Å². The zero-order valence-corrected chi connectivity index (χ0v) is 22.6. The van der Waals surface area contributed by atoms with Crippen molar-refractivity contribution in [1.29, 1.82) is 0 Å². The van der Waals surface area contributed by atoms with Gasteiger partial charge in [0.05, 0.1) is 23.0 Å². The van der Waals surface area contributed by atoms with Crippen molar-refractivity contribution in [3.63, 3.8) is 0 Å². The molecule has 0 unspecified atom stereocenters. The van der Waals surface area contributed by atoms with Crippen LogP contribution < -0.4 is 0 Å². The Morgan fingerprint density at radius 2 is 1.89 bits per heavy atom. The second-order valence-corrected chi connectivity index (χ2v) is 10.9. The Bertz CT molecular complexity index is 1030. The second kappa shape index (κ2) is 12.5. The van der Waals surface area contributed by atoms with Crippen molar-refractivity contribution < 1.29 is 24.5 Å². The molecule has 1 aromatic carbocycles. The lowest BCUT2D eigenvalue weighted by Crippen LogP contribution is -2.58. The zero-order valence-electron chi connectivity index (χ0n) is 22.6. The van der Waals surface area contributed by atoms with Crippen LogP contribution in [0, 0.1) is 11.8 Å². The van der Waals surface area contributed by atoms with Gasteiger partial charge in [0.15, 0.2) is 5.69 Å². The molecule has 2 N–H and O–H groups in total. The molecule has 1 aliphatic heterocycles. The Morgan fingerprint density at radius 3 is 2.49 bits per heavy atom. The van der Waals surface area contributed by atoms with Gasteiger partial charge in [-0.2, -0.15) is 0 Å². The number of piperidine rings is 1. The minimum Gasteiger partial charge on any atom is -0.465 e. The summed E-state index contributed by atoms with van der Waals surface area (Å²) in [7, 11) is 1.67. The summed E-state index contributed by atoms with van der Waals surface area (Å²) in [5, 5.41) is 29.2. The lowest BCUT2D eigenvalue weighted by molar-refractivity contribution is -0.0365. The minimum absolute atomic E-state index is 0.152. The van der Waals surface area contributed by atoms with Crippen molar-refractivity contribution in [3.8, 4) is 5.69 Å². The van der Waals surface area contributed by atoms with E-state index in [-0.39, 0.29) is 42.6 Å². The monoisotopic (exact) mass is 515 g/mol. The van der Waals surface area contributed by atoms with Gasteiger partial charge in [0.2, 0.25) is 0 Å². The minimum atomic E-state index is -1.08. The fourth-order valence-corrected chi connectivity index (χ4v) is 4.90. The van der Waals surface area contributed by atoms with Crippen molar-refractivity contribution in [1.82, 2.24) is 24.8 Å². The summed E-state index contributed by atoms with van der Waals surface area (Å²) in [4.78, 5) is 29.1. The third-order valence-electron chi connectivity index (χ3n) is 6.94. The number of unbranched alkanes of at least 4 members (excludes halogenated alkanes) is 1. The third kappa shape index (κ3) is 7.29. The van der Waals surface area contributed by atoms with Crippen LogP contribution in [0.15, 0.2) is 30.3 Å². The summed E-state index contributed by atoms with van der Waals surface area (Å²) in [6, 6.07) is 9.21. The van der Waals surface area contributed by atoms with E-state index in [0.717, 1.165) is 24.2 Å². The average molecular weight is 516 g/mol. The zero-order chi connectivity index (χ0) is 27.2. The first-order valence-electron chi connectivity index (χ1n) is 13.0. The molecule has 0 spiro atoms. The second-order valence-electron chi connectivity index (χ2n) is 10.9. The number of likely N-dealkylation sites (tertiary alicyclic amines) is 1. The number of carbonyl (C=O) groups is 2. The van der Waals surface area contributed by atoms with Crippen LogP contribution in [-0.4, -0.2) is 92.0 Å². The smallest absolute Gasteiger partial charge is 0.407 e. The quantitative estimate of drug-likeness (QED) is 0.440. The topological polar surface area (TPSA) is 121 Å². The number of rotatable bonds is 11. The van der Waals surface area contributed by atoms with E-state index in [9.17, 15) is 19.8 Å². The largest absolute Gasteiger partial charge is 0.465 e. The van der Waals surface area contributed by atoms with E-state index in [2.05, 4.69) is 10.3 Å². The number of ether oxygens (including phenoxy) is 1. The highest BCUT2D eigenvalue weighted by Crippen LogP contribution is 2.31. The van der Waals surface area contributed by atoms with Crippen LogP contribution in [0.1, 0.15) is 63.1 Å². The Labute approximate surface area is 219 Å². The maximum absolute atomic E-state index is 14.1. The molecule has 0 aliphatic carbocycles. The van der Waals surface area contributed by atoms with Gasteiger partial charge in [-0.05, 0) is 57.6 Å². The first kappa shape index (κ1) is 28.6. The summed E-state index contributed by atoms with van der Waals surface area (Å²) >= 11 is 0. The van der Waals surface area contributed by atoms with Crippen LogP contribution in [0.5, 0.6) is 0 Å². The van der Waals surface area contributed by atoms with Crippen molar-refractivity contribution in [2.75, 3.05) is 33.4 Å². The van der Waals surface area contributed by atoms with E-state index in [4.69, 9.17) is 4.74 Å². The molecule has 0 radical (unpaired) electrons. The maximum Gasteiger partial charge on any atom is 0.407 e. The van der Waals surface area contributed by atoms with E-state index >= 15 is 0 Å². The number of aromatic nitrogens is 3. The molecule has 0 saturated carbocycles. The van der Waals surface area contributed by atoms with Crippen molar-refractivity contribution in [3.05, 3.63) is 41.7 Å². The molecule has 1 aliphatic rings. The molecule has 1 aromatic heterocycles. The van der Waals surface area contributed by atoms with Gasteiger partial charge in [0, 0.05) is 39.3 Å². The average Bonchev–Trinajstić information content (AvgIpc) is 3.28. The van der Waals surface area contributed by atoms with E-state index in [1.54, 1.807) is 30.5 Å². The molecule has 1 saturated heterocycles. The maximum atomic E-state index is 14.1. The number of nitrogens with zero attached hydrogens (tertiary/aromatic N) is 5. The third-order valence-corrected chi connectivity index (χ3v) is 6.94. The Balaban J connectivity index is 1.99. The first-order valence-corrected chi connectivity index (χ1v) is 13.0. The van der Waals surface area contributed by atoms with Crippen LogP contribution in [0.4, 0.5) is 4.79 Å². The fourth-order valence-electron chi connectivity index (χ4n) is 4.90. The predicted molar refractivity (Wildman–Crippen MR) is 140 cm³/mol. The number of amides is 2. The number of hydrogen-bond donors (Lipinski definition) is 2. The summed E-state index contributed by atoms with van der Waals surface area (Å²) in [6.07, 6.45) is 1.69. The molecule has 3 rings (SSSR count). The Kier molecular flexibility index (Phi) is 9.67. The molecular formula is C27H41N5O5. The van der Waals surface area contributed by atoms with Gasteiger partial charge in [-0.25, -0.2) is 9.48 Å². The number of carboxylic acid groups (broad SMARTS) is 1. The van der Waals surface area contributed by atoms with Crippen molar-refractivity contribution >= 4 is 12.0 Å². The molecule has 1 fully saturated rings. The van der Waals surface area contributed by atoms with E-state index in [1.807, 2.05) is 44.2 Å². The predicted octanol–water partition coefficient (Wildman–Crippen LogP) is 3.47. The Morgan fingerprint density at radius 1 is 1.19 bits per heavy atom. The molecule has 204 valence electrons. The van der Waals surface area contributed by atoms with Crippen LogP contribution in [0.2, 0.25) is 0 Å². The normalized spacial score (nSPS) is 18.3. The number of hydrogen-bond acceptors (Lipinski definition) is 6. The van der Waals surface area contributed by atoms with Crippen LogP contribution >= 0.6 is 0 Å². The molecule has 2 heterocycles. The lowest BCUT2D eigenvalue weighted by atomic mass is 9.81. The highest BCUT2D eigenvalue weighted by Gasteiger charge is 2.41. The first-order chi connectivity index (χ1) is 17.5. The van der Waals surface area contributed by atoms with Gasteiger partial charge < -0.3 is 24.7 Å². The van der Waals surface area contributed by atoms with Crippen LogP contribution in [0.3, 0.4) is 0 Å². The number of aliphatic hydroxyl groups is 1. The fraction of sp³-hybridized carbons (Fsp3) is 0.630.